The van der Waals surface area contributed by atoms with Crippen molar-refractivity contribution < 1.29 is 13.2 Å². The van der Waals surface area contributed by atoms with Gasteiger partial charge in [-0.1, -0.05) is 19.9 Å². The average Bonchev–Trinajstić information content (AvgIpc) is 2.63. The van der Waals surface area contributed by atoms with Gasteiger partial charge in [-0.15, -0.1) is 0 Å². The molecule has 0 amide bonds. The van der Waals surface area contributed by atoms with E-state index in [0.29, 0.717) is 6.42 Å². The highest BCUT2D eigenvalue weighted by Crippen LogP contribution is 2.60. The fraction of sp³-hybridized carbons (Fsp3) is 0.455. The zero-order chi connectivity index (χ0) is 11.4. The molecule has 0 radical (unpaired) electrons. The predicted octanol–water partition coefficient (Wildman–Crippen LogP) is 2.69. The van der Waals surface area contributed by atoms with Gasteiger partial charge in [-0.2, -0.15) is 0 Å². The maximum Gasteiger partial charge on any atom is 0.194 e. The average molecular weight is 215 g/mol. The molecule has 82 valence electrons. The van der Waals surface area contributed by atoms with Gasteiger partial charge in [0.25, 0.3) is 0 Å². The Morgan fingerprint density at radius 1 is 1.13 bits per heavy atom. The predicted molar refractivity (Wildman–Crippen MR) is 50.6 cm³/mol. The van der Waals surface area contributed by atoms with Crippen molar-refractivity contribution in [1.29, 1.82) is 0 Å². The smallest absolute Gasteiger partial charge is 0.194 e. The first-order valence-corrected chi connectivity index (χ1v) is 4.72. The molecule has 1 atom stereocenters. The summed E-state index contributed by atoms with van der Waals surface area (Å²) < 4.78 is 39.1. The van der Waals surface area contributed by atoms with E-state index in [1.54, 1.807) is 0 Å². The van der Waals surface area contributed by atoms with Gasteiger partial charge in [-0.05, 0) is 17.9 Å². The first kappa shape index (κ1) is 10.5. The highest BCUT2D eigenvalue weighted by atomic mass is 19.2. The molecule has 4 heteroatoms. The van der Waals surface area contributed by atoms with Crippen LogP contribution in [-0.4, -0.2) is 0 Å². The summed E-state index contributed by atoms with van der Waals surface area (Å²) in [7, 11) is 0. The van der Waals surface area contributed by atoms with Crippen LogP contribution in [0.2, 0.25) is 0 Å². The van der Waals surface area contributed by atoms with Crippen molar-refractivity contribution in [2.75, 3.05) is 0 Å². The summed E-state index contributed by atoms with van der Waals surface area (Å²) in [6.45, 7) is 3.74. The van der Waals surface area contributed by atoms with E-state index in [9.17, 15) is 13.2 Å². The molecule has 1 nitrogen and oxygen atoms in total. The molecule has 0 aliphatic heterocycles. The maximum atomic E-state index is 13.4. The van der Waals surface area contributed by atoms with E-state index in [2.05, 4.69) is 0 Å². The number of nitrogens with two attached hydrogens (primary N) is 1. The second-order valence-electron chi connectivity index (χ2n) is 4.75. The van der Waals surface area contributed by atoms with E-state index in [-0.39, 0.29) is 11.0 Å². The molecule has 1 aromatic rings. The van der Waals surface area contributed by atoms with Gasteiger partial charge in [0.2, 0.25) is 0 Å². The molecule has 0 aromatic heterocycles. The quantitative estimate of drug-likeness (QED) is 0.716. The molecule has 1 aromatic carbocycles. The molecule has 0 saturated heterocycles. The van der Waals surface area contributed by atoms with E-state index in [1.165, 1.54) is 6.07 Å². The van der Waals surface area contributed by atoms with Crippen molar-refractivity contribution in [3.8, 4) is 0 Å². The van der Waals surface area contributed by atoms with Gasteiger partial charge in [0.15, 0.2) is 17.5 Å². The second kappa shape index (κ2) is 2.76. The van der Waals surface area contributed by atoms with Crippen LogP contribution in [0, 0.1) is 22.9 Å². The van der Waals surface area contributed by atoms with Gasteiger partial charge < -0.3 is 5.73 Å². The molecule has 0 spiro atoms. The van der Waals surface area contributed by atoms with Crippen molar-refractivity contribution in [1.82, 2.24) is 0 Å². The molecule has 0 heterocycles. The van der Waals surface area contributed by atoms with Crippen LogP contribution in [-0.2, 0) is 5.54 Å². The summed E-state index contributed by atoms with van der Waals surface area (Å²) in [5.74, 6) is -3.79. The second-order valence-corrected chi connectivity index (χ2v) is 4.75. The lowest BCUT2D eigenvalue weighted by molar-refractivity contribution is 0.419. The van der Waals surface area contributed by atoms with Crippen LogP contribution in [0.15, 0.2) is 12.1 Å². The van der Waals surface area contributed by atoms with Crippen molar-refractivity contribution in [3.63, 3.8) is 0 Å². The monoisotopic (exact) mass is 215 g/mol. The first-order chi connectivity index (χ1) is 6.79. The van der Waals surface area contributed by atoms with Crippen LogP contribution in [0.3, 0.4) is 0 Å². The molecular formula is C11H12F3N. The SMILES string of the molecule is CC1(C)CC1(N)c1ccc(F)c(F)c1F. The Bertz CT molecular complexity index is 428. The minimum atomic E-state index is -1.44. The van der Waals surface area contributed by atoms with Crippen LogP contribution < -0.4 is 5.73 Å². The Balaban J connectivity index is 2.53. The van der Waals surface area contributed by atoms with Crippen molar-refractivity contribution in [2.45, 2.75) is 25.8 Å². The molecule has 1 aliphatic rings. The fourth-order valence-corrected chi connectivity index (χ4v) is 1.98. The lowest BCUT2D eigenvalue weighted by Gasteiger charge is -2.16. The molecular weight excluding hydrogens is 203 g/mol. The Morgan fingerprint density at radius 3 is 2.13 bits per heavy atom. The van der Waals surface area contributed by atoms with Crippen LogP contribution in [0.25, 0.3) is 0 Å². The third kappa shape index (κ3) is 1.28. The molecule has 2 rings (SSSR count). The van der Waals surface area contributed by atoms with Crippen molar-refractivity contribution in [3.05, 3.63) is 35.1 Å². The van der Waals surface area contributed by atoms with Gasteiger partial charge >= 0.3 is 0 Å². The van der Waals surface area contributed by atoms with Gasteiger partial charge in [-0.3, -0.25) is 0 Å². The van der Waals surface area contributed by atoms with Gasteiger partial charge in [-0.25, -0.2) is 13.2 Å². The number of hydrogen-bond donors (Lipinski definition) is 1. The zero-order valence-corrected chi connectivity index (χ0v) is 8.57. The minimum Gasteiger partial charge on any atom is -0.321 e. The topological polar surface area (TPSA) is 26.0 Å². The van der Waals surface area contributed by atoms with E-state index < -0.39 is 23.0 Å². The van der Waals surface area contributed by atoms with Crippen LogP contribution in [0.4, 0.5) is 13.2 Å². The molecule has 0 bridgehead atoms. The van der Waals surface area contributed by atoms with Gasteiger partial charge in [0.1, 0.15) is 0 Å². The van der Waals surface area contributed by atoms with Crippen LogP contribution in [0.5, 0.6) is 0 Å². The third-order valence-corrected chi connectivity index (χ3v) is 3.32. The summed E-state index contributed by atoms with van der Waals surface area (Å²) in [6.07, 6.45) is 0.571. The van der Waals surface area contributed by atoms with Crippen molar-refractivity contribution >= 4 is 0 Å². The summed E-state index contributed by atoms with van der Waals surface area (Å²) in [5.41, 5.74) is 4.86. The largest absolute Gasteiger partial charge is 0.321 e. The fourth-order valence-electron chi connectivity index (χ4n) is 1.98. The number of rotatable bonds is 1. The number of hydrogen-bond acceptors (Lipinski definition) is 1. The molecule has 2 N–H and O–H groups in total. The third-order valence-electron chi connectivity index (χ3n) is 3.32. The molecule has 1 unspecified atom stereocenters. The normalized spacial score (nSPS) is 27.9. The summed E-state index contributed by atoms with van der Waals surface area (Å²) in [6, 6.07) is 2.14. The van der Waals surface area contributed by atoms with E-state index in [1.807, 2.05) is 13.8 Å². The summed E-state index contributed by atoms with van der Waals surface area (Å²) >= 11 is 0. The Morgan fingerprint density at radius 2 is 1.67 bits per heavy atom. The zero-order valence-electron chi connectivity index (χ0n) is 8.57. The molecule has 1 aliphatic carbocycles. The van der Waals surface area contributed by atoms with E-state index in [4.69, 9.17) is 5.73 Å². The molecule has 1 fully saturated rings. The highest BCUT2D eigenvalue weighted by Gasteiger charge is 2.60. The Labute approximate surface area is 86.1 Å². The van der Waals surface area contributed by atoms with Crippen molar-refractivity contribution in [2.24, 2.45) is 11.1 Å². The highest BCUT2D eigenvalue weighted by molar-refractivity contribution is 5.36. The number of halogens is 3. The minimum absolute atomic E-state index is 0.0615. The van der Waals surface area contributed by atoms with E-state index >= 15 is 0 Å². The standard InChI is InChI=1S/C11H12F3N/c1-10(2)5-11(10,15)6-3-4-7(12)9(14)8(6)13/h3-4H,5,15H2,1-2H3. The Kier molecular flexibility index (Phi) is 1.93. The first-order valence-electron chi connectivity index (χ1n) is 4.72. The van der Waals surface area contributed by atoms with Gasteiger partial charge in [0, 0.05) is 11.1 Å². The van der Waals surface area contributed by atoms with Gasteiger partial charge in [0.05, 0.1) is 0 Å². The van der Waals surface area contributed by atoms with E-state index in [0.717, 1.165) is 6.07 Å². The lowest BCUT2D eigenvalue weighted by Crippen LogP contribution is -2.27. The van der Waals surface area contributed by atoms with Crippen LogP contribution >= 0.6 is 0 Å². The summed E-state index contributed by atoms with van der Waals surface area (Å²) in [4.78, 5) is 0. The lowest BCUT2D eigenvalue weighted by atomic mass is 9.96. The van der Waals surface area contributed by atoms with Crippen LogP contribution in [0.1, 0.15) is 25.8 Å². The Hall–Kier alpha value is -1.03. The molecule has 1 saturated carbocycles. The molecule has 15 heavy (non-hydrogen) atoms. The maximum absolute atomic E-state index is 13.4. The summed E-state index contributed by atoms with van der Waals surface area (Å²) in [5, 5.41) is 0. The number of benzene rings is 1.